The predicted octanol–water partition coefficient (Wildman–Crippen LogP) is 1.45. The van der Waals surface area contributed by atoms with Crippen molar-refractivity contribution in [1.82, 2.24) is 9.80 Å². The second-order valence-corrected chi connectivity index (χ2v) is 6.04. The second-order valence-electron chi connectivity index (χ2n) is 6.04. The van der Waals surface area contributed by atoms with Crippen molar-refractivity contribution in [1.29, 1.82) is 0 Å². The minimum atomic E-state index is 0.353. The lowest BCUT2D eigenvalue weighted by atomic mass is 9.96. The SMILES string of the molecule is CCC(CCN)CCC(=O)N1CCN(C2CC2)CC1. The molecule has 1 saturated heterocycles. The monoisotopic (exact) mass is 267 g/mol. The van der Waals surface area contributed by atoms with Crippen LogP contribution < -0.4 is 5.73 Å². The molecule has 1 amide bonds. The molecule has 19 heavy (non-hydrogen) atoms. The molecule has 4 nitrogen and oxygen atoms in total. The van der Waals surface area contributed by atoms with Crippen LogP contribution in [0.1, 0.15) is 45.4 Å². The average Bonchev–Trinajstić information content (AvgIpc) is 3.28. The van der Waals surface area contributed by atoms with Gasteiger partial charge in [-0.15, -0.1) is 0 Å². The van der Waals surface area contributed by atoms with E-state index >= 15 is 0 Å². The molecule has 1 aliphatic heterocycles. The number of carbonyl (C=O) groups is 1. The molecular weight excluding hydrogens is 238 g/mol. The third-order valence-electron chi connectivity index (χ3n) is 4.65. The van der Waals surface area contributed by atoms with E-state index in [0.29, 0.717) is 18.2 Å². The molecule has 1 saturated carbocycles. The fourth-order valence-electron chi connectivity index (χ4n) is 3.05. The summed E-state index contributed by atoms with van der Waals surface area (Å²) in [4.78, 5) is 16.8. The van der Waals surface area contributed by atoms with Crippen molar-refractivity contribution in [3.63, 3.8) is 0 Å². The van der Waals surface area contributed by atoms with Crippen LogP contribution >= 0.6 is 0 Å². The molecule has 1 atom stereocenters. The number of nitrogens with two attached hydrogens (primary N) is 1. The Hall–Kier alpha value is -0.610. The number of piperazine rings is 1. The predicted molar refractivity (Wildman–Crippen MR) is 77.9 cm³/mol. The van der Waals surface area contributed by atoms with Gasteiger partial charge >= 0.3 is 0 Å². The Morgan fingerprint density at radius 3 is 2.42 bits per heavy atom. The third-order valence-corrected chi connectivity index (χ3v) is 4.65. The second kappa shape index (κ2) is 7.25. The summed E-state index contributed by atoms with van der Waals surface area (Å²) in [5, 5.41) is 0. The highest BCUT2D eigenvalue weighted by molar-refractivity contribution is 5.76. The van der Waals surface area contributed by atoms with Gasteiger partial charge in [-0.3, -0.25) is 9.69 Å². The van der Waals surface area contributed by atoms with Crippen molar-refractivity contribution in [3.8, 4) is 0 Å². The lowest BCUT2D eigenvalue weighted by molar-refractivity contribution is -0.133. The third kappa shape index (κ3) is 4.46. The largest absolute Gasteiger partial charge is 0.340 e. The Morgan fingerprint density at radius 2 is 1.89 bits per heavy atom. The first-order chi connectivity index (χ1) is 9.24. The normalized spacial score (nSPS) is 22.5. The molecule has 110 valence electrons. The van der Waals surface area contributed by atoms with Gasteiger partial charge < -0.3 is 10.6 Å². The van der Waals surface area contributed by atoms with Crippen LogP contribution in [0.15, 0.2) is 0 Å². The van der Waals surface area contributed by atoms with Crippen LogP contribution in [0.2, 0.25) is 0 Å². The quantitative estimate of drug-likeness (QED) is 0.759. The standard InChI is InChI=1S/C15H29N3O/c1-2-13(7-8-16)3-6-15(19)18-11-9-17(10-12-18)14-4-5-14/h13-14H,2-12,16H2,1H3. The van der Waals surface area contributed by atoms with Gasteiger partial charge in [0, 0.05) is 38.6 Å². The first-order valence-electron chi connectivity index (χ1n) is 7.96. The zero-order valence-electron chi connectivity index (χ0n) is 12.3. The van der Waals surface area contributed by atoms with E-state index in [2.05, 4.69) is 16.7 Å². The van der Waals surface area contributed by atoms with E-state index in [4.69, 9.17) is 5.73 Å². The molecule has 2 fully saturated rings. The van der Waals surface area contributed by atoms with Gasteiger partial charge in [0.25, 0.3) is 0 Å². The van der Waals surface area contributed by atoms with Crippen LogP contribution in [-0.2, 0) is 4.79 Å². The molecule has 0 aromatic carbocycles. The first kappa shape index (κ1) is 14.8. The summed E-state index contributed by atoms with van der Waals surface area (Å²) in [7, 11) is 0. The number of hydrogen-bond donors (Lipinski definition) is 1. The molecule has 0 aromatic rings. The van der Waals surface area contributed by atoms with E-state index in [1.54, 1.807) is 0 Å². The summed E-state index contributed by atoms with van der Waals surface area (Å²) >= 11 is 0. The number of amides is 1. The lowest BCUT2D eigenvalue weighted by Crippen LogP contribution is -2.49. The Labute approximate surface area is 117 Å². The van der Waals surface area contributed by atoms with Crippen molar-refractivity contribution in [2.45, 2.75) is 51.5 Å². The Kier molecular flexibility index (Phi) is 5.64. The number of carbonyl (C=O) groups excluding carboxylic acids is 1. The van der Waals surface area contributed by atoms with Gasteiger partial charge in [-0.1, -0.05) is 13.3 Å². The van der Waals surface area contributed by atoms with Crippen molar-refractivity contribution in [3.05, 3.63) is 0 Å². The van der Waals surface area contributed by atoms with Crippen LogP contribution in [0.5, 0.6) is 0 Å². The molecule has 0 bridgehead atoms. The Morgan fingerprint density at radius 1 is 1.21 bits per heavy atom. The smallest absolute Gasteiger partial charge is 0.222 e. The van der Waals surface area contributed by atoms with Crippen LogP contribution in [0.25, 0.3) is 0 Å². The topological polar surface area (TPSA) is 49.6 Å². The van der Waals surface area contributed by atoms with E-state index in [0.717, 1.165) is 58.0 Å². The number of rotatable bonds is 7. The average molecular weight is 267 g/mol. The maximum absolute atomic E-state index is 12.2. The Balaban J connectivity index is 1.65. The zero-order chi connectivity index (χ0) is 13.7. The molecule has 2 rings (SSSR count). The first-order valence-corrected chi connectivity index (χ1v) is 7.96. The van der Waals surface area contributed by atoms with Crippen LogP contribution in [-0.4, -0.2) is 54.5 Å². The molecule has 1 heterocycles. The van der Waals surface area contributed by atoms with Gasteiger partial charge in [0.15, 0.2) is 0 Å². The van der Waals surface area contributed by atoms with E-state index in [9.17, 15) is 4.79 Å². The van der Waals surface area contributed by atoms with Crippen LogP contribution in [0.3, 0.4) is 0 Å². The highest BCUT2D eigenvalue weighted by Crippen LogP contribution is 2.27. The summed E-state index contributed by atoms with van der Waals surface area (Å²) in [6.45, 7) is 6.96. The van der Waals surface area contributed by atoms with Crippen molar-refractivity contribution >= 4 is 5.91 Å². The molecule has 0 spiro atoms. The van der Waals surface area contributed by atoms with E-state index in [-0.39, 0.29) is 0 Å². The number of nitrogens with zero attached hydrogens (tertiary/aromatic N) is 2. The summed E-state index contributed by atoms with van der Waals surface area (Å²) in [6.07, 6.45) is 6.65. The fraction of sp³-hybridized carbons (Fsp3) is 0.933. The minimum Gasteiger partial charge on any atom is -0.340 e. The molecule has 0 radical (unpaired) electrons. The van der Waals surface area contributed by atoms with E-state index in [1.807, 2.05) is 0 Å². The zero-order valence-corrected chi connectivity index (χ0v) is 12.3. The van der Waals surface area contributed by atoms with Gasteiger partial charge in [-0.05, 0) is 38.1 Å². The van der Waals surface area contributed by atoms with Crippen molar-refractivity contribution in [2.75, 3.05) is 32.7 Å². The molecule has 4 heteroatoms. The van der Waals surface area contributed by atoms with Crippen LogP contribution in [0, 0.1) is 5.92 Å². The maximum Gasteiger partial charge on any atom is 0.222 e. The van der Waals surface area contributed by atoms with E-state index in [1.165, 1.54) is 12.8 Å². The summed E-state index contributed by atoms with van der Waals surface area (Å²) in [5.41, 5.74) is 5.60. The lowest BCUT2D eigenvalue weighted by Gasteiger charge is -2.35. The van der Waals surface area contributed by atoms with E-state index < -0.39 is 0 Å². The molecule has 1 unspecified atom stereocenters. The molecule has 2 N–H and O–H groups in total. The summed E-state index contributed by atoms with van der Waals surface area (Å²) in [5.74, 6) is 0.979. The van der Waals surface area contributed by atoms with Gasteiger partial charge in [-0.25, -0.2) is 0 Å². The highest BCUT2D eigenvalue weighted by atomic mass is 16.2. The van der Waals surface area contributed by atoms with Gasteiger partial charge in [0.1, 0.15) is 0 Å². The van der Waals surface area contributed by atoms with Gasteiger partial charge in [0.2, 0.25) is 5.91 Å². The molecular formula is C15H29N3O. The highest BCUT2D eigenvalue weighted by Gasteiger charge is 2.32. The molecule has 2 aliphatic rings. The molecule has 1 aliphatic carbocycles. The van der Waals surface area contributed by atoms with Crippen molar-refractivity contribution < 1.29 is 4.79 Å². The fourth-order valence-corrected chi connectivity index (χ4v) is 3.05. The van der Waals surface area contributed by atoms with Gasteiger partial charge in [0.05, 0.1) is 0 Å². The number of hydrogen-bond acceptors (Lipinski definition) is 3. The maximum atomic E-state index is 12.2. The summed E-state index contributed by atoms with van der Waals surface area (Å²) in [6, 6.07) is 0.839. The van der Waals surface area contributed by atoms with Crippen LogP contribution in [0.4, 0.5) is 0 Å². The Bertz CT molecular complexity index is 283. The molecule has 0 aromatic heterocycles. The minimum absolute atomic E-state index is 0.353. The van der Waals surface area contributed by atoms with Gasteiger partial charge in [-0.2, -0.15) is 0 Å². The van der Waals surface area contributed by atoms with Crippen molar-refractivity contribution in [2.24, 2.45) is 11.7 Å². The summed E-state index contributed by atoms with van der Waals surface area (Å²) < 4.78 is 0.